The van der Waals surface area contributed by atoms with Crippen LogP contribution in [0.25, 0.3) is 0 Å². The number of rotatable bonds is 6. The quantitative estimate of drug-likeness (QED) is 0.520. The first-order chi connectivity index (χ1) is 7.33. The Morgan fingerprint density at radius 1 is 1.33 bits per heavy atom. The zero-order chi connectivity index (χ0) is 10.9. The maximum Gasteiger partial charge on any atom is 0.157 e. The molecule has 0 amide bonds. The molecule has 0 aromatic carbocycles. The molecule has 1 aliphatic heterocycles. The number of hydrogen-bond donors (Lipinski definition) is 2. The van der Waals surface area contributed by atoms with E-state index in [1.165, 1.54) is 12.8 Å². The Labute approximate surface area is 91.6 Å². The second-order valence-electron chi connectivity index (χ2n) is 4.05. The number of unbranched alkanes of at least 4 members (excludes halogenated alkanes) is 2. The highest BCUT2D eigenvalue weighted by molar-refractivity contribution is 5.90. The second-order valence-corrected chi connectivity index (χ2v) is 4.05. The lowest BCUT2D eigenvalue weighted by atomic mass is 10.1. The van der Waals surface area contributed by atoms with E-state index in [9.17, 15) is 4.79 Å². The van der Waals surface area contributed by atoms with Crippen LogP contribution in [0.3, 0.4) is 0 Å². The number of carbonyl (C=O) groups is 1. The molecule has 1 saturated heterocycles. The van der Waals surface area contributed by atoms with Crippen molar-refractivity contribution in [3.8, 4) is 0 Å². The maximum absolute atomic E-state index is 11.5. The first kappa shape index (κ1) is 12.2. The van der Waals surface area contributed by atoms with Gasteiger partial charge in [-0.05, 0) is 32.1 Å². The summed E-state index contributed by atoms with van der Waals surface area (Å²) in [6, 6.07) is 0. The van der Waals surface area contributed by atoms with E-state index >= 15 is 0 Å². The number of aliphatic hydroxyl groups is 1. The number of ketones is 1. The predicted molar refractivity (Wildman–Crippen MR) is 60.5 cm³/mol. The van der Waals surface area contributed by atoms with Gasteiger partial charge in [0.05, 0.1) is 0 Å². The molecule has 1 rings (SSSR count). The highest BCUT2D eigenvalue weighted by Gasteiger charge is 2.06. The molecule has 0 spiro atoms. The summed E-state index contributed by atoms with van der Waals surface area (Å²) in [5, 5.41) is 11.8. The first-order valence-electron chi connectivity index (χ1n) is 5.91. The average Bonchev–Trinajstić information content (AvgIpc) is 2.26. The van der Waals surface area contributed by atoms with Gasteiger partial charge in [-0.15, -0.1) is 0 Å². The van der Waals surface area contributed by atoms with Crippen molar-refractivity contribution in [3.05, 3.63) is 11.8 Å². The summed E-state index contributed by atoms with van der Waals surface area (Å²) >= 11 is 0. The smallest absolute Gasteiger partial charge is 0.157 e. The van der Waals surface area contributed by atoms with Crippen molar-refractivity contribution in [2.75, 3.05) is 13.2 Å². The summed E-state index contributed by atoms with van der Waals surface area (Å²) in [6.45, 7) is 1.24. The van der Waals surface area contributed by atoms with Gasteiger partial charge in [-0.3, -0.25) is 4.79 Å². The van der Waals surface area contributed by atoms with Crippen LogP contribution in [0, 0.1) is 0 Å². The van der Waals surface area contributed by atoms with Crippen molar-refractivity contribution in [2.45, 2.75) is 44.9 Å². The molecule has 2 N–H and O–H groups in total. The number of hydrogen-bond acceptors (Lipinski definition) is 3. The molecule has 0 unspecified atom stereocenters. The zero-order valence-electron chi connectivity index (χ0n) is 9.30. The number of nitrogens with one attached hydrogen (secondary N) is 1. The van der Waals surface area contributed by atoms with E-state index in [1.54, 1.807) is 6.08 Å². The van der Waals surface area contributed by atoms with Gasteiger partial charge in [-0.2, -0.15) is 0 Å². The van der Waals surface area contributed by atoms with Gasteiger partial charge in [0.2, 0.25) is 0 Å². The van der Waals surface area contributed by atoms with Crippen LogP contribution in [0.2, 0.25) is 0 Å². The summed E-state index contributed by atoms with van der Waals surface area (Å²) in [5.74, 6) is 0.220. The molecule has 0 atom stereocenters. The SMILES string of the molecule is O=C(/C=C1/CCCCN1)CCCCCO. The lowest BCUT2D eigenvalue weighted by Crippen LogP contribution is -2.20. The van der Waals surface area contributed by atoms with Gasteiger partial charge in [0.15, 0.2) is 5.78 Å². The average molecular weight is 211 g/mol. The molecular weight excluding hydrogens is 190 g/mol. The van der Waals surface area contributed by atoms with Crippen LogP contribution in [0.15, 0.2) is 11.8 Å². The van der Waals surface area contributed by atoms with Gasteiger partial charge in [-0.1, -0.05) is 6.42 Å². The summed E-state index contributed by atoms with van der Waals surface area (Å²) in [5.41, 5.74) is 1.11. The lowest BCUT2D eigenvalue weighted by Gasteiger charge is -2.16. The normalized spacial score (nSPS) is 18.9. The Hall–Kier alpha value is -0.830. The van der Waals surface area contributed by atoms with Crippen LogP contribution in [0.5, 0.6) is 0 Å². The maximum atomic E-state index is 11.5. The van der Waals surface area contributed by atoms with E-state index in [0.29, 0.717) is 6.42 Å². The van der Waals surface area contributed by atoms with E-state index in [4.69, 9.17) is 5.11 Å². The number of aliphatic hydroxyl groups excluding tert-OH is 1. The predicted octanol–water partition coefficient (Wildman–Crippen LogP) is 1.77. The van der Waals surface area contributed by atoms with Gasteiger partial charge in [0.1, 0.15) is 0 Å². The molecule has 0 aromatic rings. The van der Waals surface area contributed by atoms with E-state index in [0.717, 1.165) is 37.9 Å². The van der Waals surface area contributed by atoms with Gasteiger partial charge in [0, 0.05) is 31.3 Å². The van der Waals surface area contributed by atoms with Crippen LogP contribution in [-0.4, -0.2) is 24.0 Å². The third kappa shape index (κ3) is 5.57. The summed E-state index contributed by atoms with van der Waals surface area (Å²) < 4.78 is 0. The molecule has 1 fully saturated rings. The topological polar surface area (TPSA) is 49.3 Å². The van der Waals surface area contributed by atoms with Crippen LogP contribution >= 0.6 is 0 Å². The Bertz CT molecular complexity index is 216. The number of carbonyl (C=O) groups excluding carboxylic acids is 1. The second kappa shape index (κ2) is 7.46. The Morgan fingerprint density at radius 2 is 2.20 bits per heavy atom. The van der Waals surface area contributed by atoms with Gasteiger partial charge >= 0.3 is 0 Å². The van der Waals surface area contributed by atoms with Crippen molar-refractivity contribution in [3.63, 3.8) is 0 Å². The van der Waals surface area contributed by atoms with Crippen molar-refractivity contribution in [2.24, 2.45) is 0 Å². The molecule has 1 aliphatic rings. The number of allylic oxidation sites excluding steroid dienone is 2. The third-order valence-electron chi connectivity index (χ3n) is 2.64. The Morgan fingerprint density at radius 3 is 2.87 bits per heavy atom. The minimum absolute atomic E-state index is 0.220. The van der Waals surface area contributed by atoms with E-state index in [1.807, 2.05) is 0 Å². The largest absolute Gasteiger partial charge is 0.396 e. The molecule has 0 radical (unpaired) electrons. The van der Waals surface area contributed by atoms with Crippen LogP contribution in [0.1, 0.15) is 44.9 Å². The molecule has 86 valence electrons. The molecule has 0 aliphatic carbocycles. The monoisotopic (exact) mass is 211 g/mol. The first-order valence-corrected chi connectivity index (χ1v) is 5.91. The summed E-state index contributed by atoms with van der Waals surface area (Å²) in [4.78, 5) is 11.5. The van der Waals surface area contributed by atoms with Crippen molar-refractivity contribution in [1.82, 2.24) is 5.32 Å². The highest BCUT2D eigenvalue weighted by Crippen LogP contribution is 2.11. The molecule has 3 nitrogen and oxygen atoms in total. The molecular formula is C12H21NO2. The Balaban J connectivity index is 2.16. The zero-order valence-corrected chi connectivity index (χ0v) is 9.30. The lowest BCUT2D eigenvalue weighted by molar-refractivity contribution is -0.114. The van der Waals surface area contributed by atoms with E-state index < -0.39 is 0 Å². The van der Waals surface area contributed by atoms with E-state index in [2.05, 4.69) is 5.32 Å². The fourth-order valence-corrected chi connectivity index (χ4v) is 1.76. The van der Waals surface area contributed by atoms with Crippen molar-refractivity contribution < 1.29 is 9.90 Å². The Kier molecular flexibility index (Phi) is 6.09. The van der Waals surface area contributed by atoms with Crippen molar-refractivity contribution in [1.29, 1.82) is 0 Å². The van der Waals surface area contributed by atoms with Crippen LogP contribution < -0.4 is 5.32 Å². The van der Waals surface area contributed by atoms with Crippen LogP contribution in [-0.2, 0) is 4.79 Å². The van der Waals surface area contributed by atoms with Gasteiger partial charge < -0.3 is 10.4 Å². The number of piperidine rings is 1. The standard InChI is InChI=1S/C12H21NO2/c14-9-5-1-2-7-12(15)10-11-6-3-4-8-13-11/h10,13-14H,1-9H2/b11-10-. The minimum Gasteiger partial charge on any atom is -0.396 e. The van der Waals surface area contributed by atoms with E-state index in [-0.39, 0.29) is 12.4 Å². The molecule has 0 saturated carbocycles. The fraction of sp³-hybridized carbons (Fsp3) is 0.750. The molecule has 1 heterocycles. The van der Waals surface area contributed by atoms with Gasteiger partial charge in [0.25, 0.3) is 0 Å². The fourth-order valence-electron chi connectivity index (χ4n) is 1.76. The highest BCUT2D eigenvalue weighted by atomic mass is 16.2. The third-order valence-corrected chi connectivity index (χ3v) is 2.64. The summed E-state index contributed by atoms with van der Waals surface area (Å²) in [6.07, 6.45) is 8.44. The molecule has 3 heteroatoms. The minimum atomic E-state index is 0.220. The van der Waals surface area contributed by atoms with Crippen LogP contribution in [0.4, 0.5) is 0 Å². The molecule has 0 aromatic heterocycles. The molecule has 15 heavy (non-hydrogen) atoms. The van der Waals surface area contributed by atoms with Crippen molar-refractivity contribution >= 4 is 5.78 Å². The van der Waals surface area contributed by atoms with Gasteiger partial charge in [-0.25, -0.2) is 0 Å². The summed E-state index contributed by atoms with van der Waals surface area (Å²) in [7, 11) is 0. The molecule has 0 bridgehead atoms.